The number of rotatable bonds is 2. The molecule has 0 aliphatic carbocycles. The fourth-order valence-electron chi connectivity index (χ4n) is 0.951. The molecule has 11 heavy (non-hydrogen) atoms. The molecule has 0 saturated heterocycles. The molecule has 0 aliphatic rings. The van der Waals surface area contributed by atoms with Crippen molar-refractivity contribution >= 4 is 0 Å². The van der Waals surface area contributed by atoms with Crippen LogP contribution in [0.4, 0.5) is 0 Å². The van der Waals surface area contributed by atoms with Crippen LogP contribution in [0.15, 0.2) is 18.2 Å². The number of ether oxygens (including phenoxy) is 1. The van der Waals surface area contributed by atoms with E-state index in [0.29, 0.717) is 6.61 Å². The smallest absolute Gasteiger partial charge is 0.122 e. The molecule has 0 atom stereocenters. The molecule has 1 aromatic rings. The van der Waals surface area contributed by atoms with Gasteiger partial charge in [-0.1, -0.05) is 0 Å². The number of hydrogen-bond donors (Lipinski definition) is 1. The topological polar surface area (TPSA) is 29.5 Å². The van der Waals surface area contributed by atoms with Crippen LogP contribution in [0.3, 0.4) is 0 Å². The maximum atomic E-state index is 9.05. The summed E-state index contributed by atoms with van der Waals surface area (Å²) in [5.74, 6) is 1.12. The summed E-state index contributed by atoms with van der Waals surface area (Å²) in [6.45, 7) is 4.50. The zero-order chi connectivity index (χ0) is 8.27. The first-order valence-corrected chi connectivity index (χ1v) is 3.66. The molecule has 2 nitrogen and oxygen atoms in total. The molecular formula is C9H12O2. The zero-order valence-corrected chi connectivity index (χ0v) is 6.79. The first kappa shape index (κ1) is 7.92. The van der Waals surface area contributed by atoms with Crippen molar-refractivity contribution in [3.63, 3.8) is 0 Å². The van der Waals surface area contributed by atoms with Gasteiger partial charge in [0.15, 0.2) is 0 Å². The molecule has 0 heterocycles. The van der Waals surface area contributed by atoms with Crippen molar-refractivity contribution in [1.29, 1.82) is 0 Å². The molecular weight excluding hydrogens is 140 g/mol. The first-order chi connectivity index (χ1) is 5.24. The highest BCUT2D eigenvalue weighted by molar-refractivity contribution is 5.38. The molecule has 1 rings (SSSR count). The second-order valence-corrected chi connectivity index (χ2v) is 2.38. The number of benzene rings is 1. The Morgan fingerprint density at radius 2 is 2.18 bits per heavy atom. The molecule has 60 valence electrons. The Hall–Kier alpha value is -1.18. The van der Waals surface area contributed by atoms with Crippen molar-refractivity contribution in [3.05, 3.63) is 23.8 Å². The van der Waals surface area contributed by atoms with E-state index in [-0.39, 0.29) is 5.75 Å². The highest BCUT2D eigenvalue weighted by atomic mass is 16.5. The fraction of sp³-hybridized carbons (Fsp3) is 0.333. The Morgan fingerprint density at radius 3 is 2.73 bits per heavy atom. The summed E-state index contributed by atoms with van der Waals surface area (Å²) >= 11 is 0. The maximum absolute atomic E-state index is 9.05. The highest BCUT2D eigenvalue weighted by Gasteiger charge is 1.97. The molecule has 0 spiro atoms. The van der Waals surface area contributed by atoms with Gasteiger partial charge in [-0.3, -0.25) is 0 Å². The van der Waals surface area contributed by atoms with Crippen molar-refractivity contribution in [2.24, 2.45) is 0 Å². The molecule has 1 N–H and O–H groups in total. The van der Waals surface area contributed by atoms with E-state index in [1.807, 2.05) is 13.8 Å². The Kier molecular flexibility index (Phi) is 2.36. The van der Waals surface area contributed by atoms with Crippen LogP contribution in [0, 0.1) is 6.92 Å². The van der Waals surface area contributed by atoms with Crippen molar-refractivity contribution in [2.45, 2.75) is 13.8 Å². The molecule has 0 radical (unpaired) electrons. The second kappa shape index (κ2) is 3.28. The van der Waals surface area contributed by atoms with E-state index in [1.54, 1.807) is 18.2 Å². The van der Waals surface area contributed by atoms with E-state index in [1.165, 1.54) is 0 Å². The SMILES string of the molecule is CCOc1ccc(O)cc1C. The van der Waals surface area contributed by atoms with Crippen molar-refractivity contribution in [1.82, 2.24) is 0 Å². The Balaban J connectivity index is 2.90. The van der Waals surface area contributed by atoms with Gasteiger partial charge in [-0.05, 0) is 37.6 Å². The largest absolute Gasteiger partial charge is 0.508 e. The maximum Gasteiger partial charge on any atom is 0.122 e. The summed E-state index contributed by atoms with van der Waals surface area (Å²) in [4.78, 5) is 0. The monoisotopic (exact) mass is 152 g/mol. The molecule has 0 saturated carbocycles. The van der Waals surface area contributed by atoms with Crippen LogP contribution in [0.25, 0.3) is 0 Å². The number of aromatic hydroxyl groups is 1. The third-order valence-corrected chi connectivity index (χ3v) is 1.46. The van der Waals surface area contributed by atoms with E-state index >= 15 is 0 Å². The van der Waals surface area contributed by atoms with Gasteiger partial charge in [-0.25, -0.2) is 0 Å². The molecule has 0 fully saturated rings. The Morgan fingerprint density at radius 1 is 1.45 bits per heavy atom. The summed E-state index contributed by atoms with van der Waals surface area (Å²) in [6, 6.07) is 5.08. The highest BCUT2D eigenvalue weighted by Crippen LogP contribution is 2.21. The van der Waals surface area contributed by atoms with E-state index in [0.717, 1.165) is 11.3 Å². The van der Waals surface area contributed by atoms with E-state index in [9.17, 15) is 0 Å². The predicted octanol–water partition coefficient (Wildman–Crippen LogP) is 2.10. The summed E-state index contributed by atoms with van der Waals surface area (Å²) in [5.41, 5.74) is 0.965. The van der Waals surface area contributed by atoms with E-state index in [2.05, 4.69) is 0 Å². The minimum atomic E-state index is 0.283. The Labute approximate surface area is 66.4 Å². The third-order valence-electron chi connectivity index (χ3n) is 1.46. The van der Waals surface area contributed by atoms with Crippen molar-refractivity contribution < 1.29 is 9.84 Å². The normalized spacial score (nSPS) is 9.64. The van der Waals surface area contributed by atoms with Crippen LogP contribution >= 0.6 is 0 Å². The van der Waals surface area contributed by atoms with Gasteiger partial charge in [0.1, 0.15) is 11.5 Å². The quantitative estimate of drug-likeness (QED) is 0.703. The zero-order valence-electron chi connectivity index (χ0n) is 6.79. The summed E-state index contributed by atoms with van der Waals surface area (Å²) in [7, 11) is 0. The van der Waals surface area contributed by atoms with Crippen LogP contribution in [0.2, 0.25) is 0 Å². The van der Waals surface area contributed by atoms with Gasteiger partial charge < -0.3 is 9.84 Å². The number of hydrogen-bond acceptors (Lipinski definition) is 2. The van der Waals surface area contributed by atoms with E-state index < -0.39 is 0 Å². The molecule has 0 aliphatic heterocycles. The molecule has 2 heteroatoms. The second-order valence-electron chi connectivity index (χ2n) is 2.38. The molecule has 0 aromatic heterocycles. The van der Waals surface area contributed by atoms with Gasteiger partial charge in [0.2, 0.25) is 0 Å². The van der Waals surface area contributed by atoms with Gasteiger partial charge in [0.25, 0.3) is 0 Å². The molecule has 0 amide bonds. The minimum Gasteiger partial charge on any atom is -0.508 e. The van der Waals surface area contributed by atoms with Crippen LogP contribution in [-0.2, 0) is 0 Å². The lowest BCUT2D eigenvalue weighted by atomic mass is 10.2. The number of phenolic OH excluding ortho intramolecular Hbond substituents is 1. The summed E-state index contributed by atoms with van der Waals surface area (Å²) in [5, 5.41) is 9.05. The van der Waals surface area contributed by atoms with Gasteiger partial charge in [0, 0.05) is 0 Å². The number of phenols is 1. The van der Waals surface area contributed by atoms with Gasteiger partial charge >= 0.3 is 0 Å². The van der Waals surface area contributed by atoms with Crippen LogP contribution in [0.1, 0.15) is 12.5 Å². The summed E-state index contributed by atoms with van der Waals surface area (Å²) < 4.78 is 5.28. The van der Waals surface area contributed by atoms with Crippen LogP contribution < -0.4 is 4.74 Å². The number of aryl methyl sites for hydroxylation is 1. The van der Waals surface area contributed by atoms with Crippen LogP contribution in [-0.4, -0.2) is 11.7 Å². The minimum absolute atomic E-state index is 0.283. The standard InChI is InChI=1S/C9H12O2/c1-3-11-9-5-4-8(10)6-7(9)2/h4-6,10H,3H2,1-2H3. The molecule has 0 bridgehead atoms. The third kappa shape index (κ3) is 1.87. The van der Waals surface area contributed by atoms with Gasteiger partial charge in [-0.15, -0.1) is 0 Å². The summed E-state index contributed by atoms with van der Waals surface area (Å²) in [6.07, 6.45) is 0. The Bertz CT molecular complexity index is 243. The average molecular weight is 152 g/mol. The van der Waals surface area contributed by atoms with Crippen molar-refractivity contribution in [3.8, 4) is 11.5 Å². The van der Waals surface area contributed by atoms with Gasteiger partial charge in [0.05, 0.1) is 6.61 Å². The molecule has 1 aromatic carbocycles. The lowest BCUT2D eigenvalue weighted by Gasteiger charge is -2.05. The lowest BCUT2D eigenvalue weighted by molar-refractivity contribution is 0.337. The van der Waals surface area contributed by atoms with Crippen molar-refractivity contribution in [2.75, 3.05) is 6.61 Å². The van der Waals surface area contributed by atoms with E-state index in [4.69, 9.17) is 9.84 Å². The predicted molar refractivity (Wildman–Crippen MR) is 44.0 cm³/mol. The first-order valence-electron chi connectivity index (χ1n) is 3.66. The average Bonchev–Trinajstić information content (AvgIpc) is 1.95. The fourth-order valence-corrected chi connectivity index (χ4v) is 0.951. The lowest BCUT2D eigenvalue weighted by Crippen LogP contribution is -1.92. The van der Waals surface area contributed by atoms with Crippen LogP contribution in [0.5, 0.6) is 11.5 Å². The molecule has 0 unspecified atom stereocenters. The van der Waals surface area contributed by atoms with Gasteiger partial charge in [-0.2, -0.15) is 0 Å².